The zero-order valence-electron chi connectivity index (χ0n) is 12.5. The highest BCUT2D eigenvalue weighted by atomic mass is 19.1. The molecule has 1 aliphatic heterocycles. The maximum absolute atomic E-state index is 13.4. The van der Waals surface area contributed by atoms with Crippen molar-refractivity contribution in [3.63, 3.8) is 0 Å². The molecule has 2 aromatic rings. The number of nitrogens with zero attached hydrogens (tertiary/aromatic N) is 2. The van der Waals surface area contributed by atoms with Gasteiger partial charge in [0, 0.05) is 35.8 Å². The fraction of sp³-hybridized carbons (Fsp3) is 0.438. The third kappa shape index (κ3) is 2.65. The number of halogens is 1. The van der Waals surface area contributed by atoms with Crippen LogP contribution in [-0.4, -0.2) is 16.8 Å². The number of hydrogen-bond acceptors (Lipinski definition) is 3. The first-order chi connectivity index (χ1) is 10.1. The van der Waals surface area contributed by atoms with Crippen molar-refractivity contribution in [2.45, 2.75) is 38.5 Å². The van der Waals surface area contributed by atoms with Gasteiger partial charge in [0.15, 0.2) is 0 Å². The minimum Gasteiger partial charge on any atom is -0.485 e. The summed E-state index contributed by atoms with van der Waals surface area (Å²) in [4.78, 5) is 0. The molecule has 0 amide bonds. The SMILES string of the molecule is CNC1CC(c2cnn(C(C)C)c2)Oc2ccc(F)cc21. The van der Waals surface area contributed by atoms with Crippen molar-refractivity contribution in [3.8, 4) is 5.75 Å². The summed E-state index contributed by atoms with van der Waals surface area (Å²) < 4.78 is 21.4. The number of aromatic nitrogens is 2. The molecule has 112 valence electrons. The lowest BCUT2D eigenvalue weighted by Gasteiger charge is -2.31. The summed E-state index contributed by atoms with van der Waals surface area (Å²) in [7, 11) is 1.89. The average molecular weight is 289 g/mol. The van der Waals surface area contributed by atoms with Gasteiger partial charge >= 0.3 is 0 Å². The first kappa shape index (κ1) is 14.1. The number of rotatable bonds is 3. The lowest BCUT2D eigenvalue weighted by Crippen LogP contribution is -2.26. The summed E-state index contributed by atoms with van der Waals surface area (Å²) in [5.74, 6) is 0.507. The van der Waals surface area contributed by atoms with Crippen LogP contribution in [0.15, 0.2) is 30.6 Å². The van der Waals surface area contributed by atoms with Crippen molar-refractivity contribution < 1.29 is 9.13 Å². The monoisotopic (exact) mass is 289 g/mol. The molecule has 1 N–H and O–H groups in total. The van der Waals surface area contributed by atoms with Gasteiger partial charge in [-0.15, -0.1) is 0 Å². The first-order valence-corrected chi connectivity index (χ1v) is 7.26. The molecule has 5 heteroatoms. The predicted octanol–water partition coefficient (Wildman–Crippen LogP) is 3.39. The van der Waals surface area contributed by atoms with Gasteiger partial charge in [0.05, 0.1) is 6.20 Å². The summed E-state index contributed by atoms with van der Waals surface area (Å²) in [6, 6.07) is 5.09. The minimum atomic E-state index is -0.233. The molecule has 0 aliphatic carbocycles. The van der Waals surface area contributed by atoms with Gasteiger partial charge < -0.3 is 10.1 Å². The number of hydrogen-bond donors (Lipinski definition) is 1. The molecule has 2 heterocycles. The number of benzene rings is 1. The average Bonchev–Trinajstić information content (AvgIpc) is 2.96. The quantitative estimate of drug-likeness (QED) is 0.941. The molecule has 0 saturated carbocycles. The first-order valence-electron chi connectivity index (χ1n) is 7.26. The van der Waals surface area contributed by atoms with Crippen LogP contribution in [-0.2, 0) is 0 Å². The van der Waals surface area contributed by atoms with Gasteiger partial charge in [-0.3, -0.25) is 4.68 Å². The number of ether oxygens (including phenoxy) is 1. The Bertz CT molecular complexity index is 638. The lowest BCUT2D eigenvalue weighted by atomic mass is 9.94. The summed E-state index contributed by atoms with van der Waals surface area (Å²) in [5, 5.41) is 7.61. The zero-order chi connectivity index (χ0) is 15.0. The smallest absolute Gasteiger partial charge is 0.129 e. The second-order valence-corrected chi connectivity index (χ2v) is 5.71. The van der Waals surface area contributed by atoms with Crippen molar-refractivity contribution >= 4 is 0 Å². The summed E-state index contributed by atoms with van der Waals surface area (Å²) in [6.07, 6.45) is 4.58. The van der Waals surface area contributed by atoms with E-state index in [0.29, 0.717) is 6.04 Å². The minimum absolute atomic E-state index is 0.0621. The van der Waals surface area contributed by atoms with Crippen LogP contribution in [0.1, 0.15) is 49.6 Å². The van der Waals surface area contributed by atoms with Crippen LogP contribution in [0.5, 0.6) is 5.75 Å². The maximum atomic E-state index is 13.4. The van der Waals surface area contributed by atoms with Gasteiger partial charge in [-0.1, -0.05) is 0 Å². The van der Waals surface area contributed by atoms with Crippen molar-refractivity contribution in [1.29, 1.82) is 0 Å². The molecule has 1 aromatic heterocycles. The van der Waals surface area contributed by atoms with Crippen LogP contribution >= 0.6 is 0 Å². The largest absolute Gasteiger partial charge is 0.485 e. The van der Waals surface area contributed by atoms with Crippen molar-refractivity contribution in [1.82, 2.24) is 15.1 Å². The van der Waals surface area contributed by atoms with Crippen LogP contribution in [0.4, 0.5) is 4.39 Å². The van der Waals surface area contributed by atoms with Crippen LogP contribution in [0, 0.1) is 5.82 Å². The van der Waals surface area contributed by atoms with E-state index in [0.717, 1.165) is 23.3 Å². The molecular weight excluding hydrogens is 269 g/mol. The van der Waals surface area contributed by atoms with Gasteiger partial charge in [-0.2, -0.15) is 5.10 Å². The van der Waals surface area contributed by atoms with E-state index in [1.54, 1.807) is 12.1 Å². The van der Waals surface area contributed by atoms with Crippen LogP contribution in [0.25, 0.3) is 0 Å². The van der Waals surface area contributed by atoms with E-state index in [2.05, 4.69) is 24.3 Å². The Morgan fingerprint density at radius 2 is 2.24 bits per heavy atom. The van der Waals surface area contributed by atoms with Gasteiger partial charge in [0.2, 0.25) is 0 Å². The third-order valence-corrected chi connectivity index (χ3v) is 3.94. The van der Waals surface area contributed by atoms with Crippen LogP contribution in [0.2, 0.25) is 0 Å². The molecule has 0 fully saturated rings. The van der Waals surface area contributed by atoms with E-state index in [-0.39, 0.29) is 18.0 Å². The highest BCUT2D eigenvalue weighted by molar-refractivity contribution is 5.39. The fourth-order valence-electron chi connectivity index (χ4n) is 2.72. The van der Waals surface area contributed by atoms with Crippen molar-refractivity contribution in [2.75, 3.05) is 7.05 Å². The molecule has 4 nitrogen and oxygen atoms in total. The van der Waals surface area contributed by atoms with E-state index < -0.39 is 0 Å². The molecule has 3 rings (SSSR count). The molecule has 0 spiro atoms. The third-order valence-electron chi connectivity index (χ3n) is 3.94. The van der Waals surface area contributed by atoms with Gasteiger partial charge in [0.25, 0.3) is 0 Å². The highest BCUT2D eigenvalue weighted by Gasteiger charge is 2.29. The normalized spacial score (nSPS) is 21.2. The molecule has 2 atom stereocenters. The second kappa shape index (κ2) is 5.48. The van der Waals surface area contributed by atoms with Crippen molar-refractivity contribution in [3.05, 3.63) is 47.5 Å². The molecule has 0 bridgehead atoms. The zero-order valence-corrected chi connectivity index (χ0v) is 12.5. The highest BCUT2D eigenvalue weighted by Crippen LogP contribution is 2.40. The Labute approximate surface area is 123 Å². The molecule has 1 aliphatic rings. The molecular formula is C16H20FN3O. The standard InChI is InChI=1S/C16H20FN3O/c1-10(2)20-9-11(8-19-20)16-7-14(18-3)13-6-12(17)4-5-15(13)21-16/h4-6,8-10,14,16,18H,7H2,1-3H3. The molecule has 0 saturated heterocycles. The Kier molecular flexibility index (Phi) is 3.68. The van der Waals surface area contributed by atoms with E-state index >= 15 is 0 Å². The number of nitrogens with one attached hydrogen (secondary N) is 1. The summed E-state index contributed by atoms with van der Waals surface area (Å²) in [6.45, 7) is 4.18. The van der Waals surface area contributed by atoms with E-state index in [4.69, 9.17) is 4.74 Å². The fourth-order valence-corrected chi connectivity index (χ4v) is 2.72. The Morgan fingerprint density at radius 3 is 2.90 bits per heavy atom. The maximum Gasteiger partial charge on any atom is 0.129 e. The summed E-state index contributed by atoms with van der Waals surface area (Å²) in [5.41, 5.74) is 1.93. The predicted molar refractivity (Wildman–Crippen MR) is 78.8 cm³/mol. The Morgan fingerprint density at radius 1 is 1.43 bits per heavy atom. The summed E-state index contributed by atoms with van der Waals surface area (Å²) >= 11 is 0. The van der Waals surface area contributed by atoms with Gasteiger partial charge in [0.1, 0.15) is 17.7 Å². The van der Waals surface area contributed by atoms with Crippen LogP contribution in [0.3, 0.4) is 0 Å². The molecule has 1 aromatic carbocycles. The lowest BCUT2D eigenvalue weighted by molar-refractivity contribution is 0.153. The Balaban J connectivity index is 1.91. The van der Waals surface area contributed by atoms with Crippen molar-refractivity contribution in [2.24, 2.45) is 0 Å². The van der Waals surface area contributed by atoms with Gasteiger partial charge in [-0.25, -0.2) is 4.39 Å². The molecule has 21 heavy (non-hydrogen) atoms. The molecule has 2 unspecified atom stereocenters. The molecule has 0 radical (unpaired) electrons. The van der Waals surface area contributed by atoms with Crippen LogP contribution < -0.4 is 10.1 Å². The van der Waals surface area contributed by atoms with E-state index in [1.165, 1.54) is 6.07 Å². The topological polar surface area (TPSA) is 39.1 Å². The van der Waals surface area contributed by atoms with Gasteiger partial charge in [-0.05, 0) is 39.1 Å². The Hall–Kier alpha value is -1.88. The van der Waals surface area contributed by atoms with E-state index in [1.807, 2.05) is 24.1 Å². The number of fused-ring (bicyclic) bond motifs is 1. The second-order valence-electron chi connectivity index (χ2n) is 5.71. The van der Waals surface area contributed by atoms with E-state index in [9.17, 15) is 4.39 Å².